The molecular weight excluding hydrogens is 586 g/mol. The van der Waals surface area contributed by atoms with Gasteiger partial charge >= 0.3 is 0 Å². The largest absolute Gasteiger partial charge is 0.382 e. The molecule has 2 amide bonds. The van der Waals surface area contributed by atoms with Crippen molar-refractivity contribution in [3.8, 4) is 0 Å². The molecule has 1 unspecified atom stereocenters. The van der Waals surface area contributed by atoms with Crippen LogP contribution in [0.25, 0.3) is 6.08 Å². The van der Waals surface area contributed by atoms with Gasteiger partial charge in [0.05, 0.1) is 11.4 Å². The number of rotatable bonds is 10. The molecule has 1 atom stereocenters. The SMILES string of the molecule is O=C1SC(=Cc2ccc(Cl)cc2)C(=O)N1CC=CCN1CCN(CC(O)(Cn2cncn2)c2ccc(F)cc2F)CC1. The minimum absolute atomic E-state index is 0.0000938. The lowest BCUT2D eigenvalue weighted by Gasteiger charge is -2.39. The lowest BCUT2D eigenvalue weighted by atomic mass is 9.92. The zero-order chi connectivity index (χ0) is 29.7. The molecule has 2 aliphatic heterocycles. The van der Waals surface area contributed by atoms with E-state index in [-0.39, 0.29) is 36.3 Å². The molecule has 0 aliphatic carbocycles. The maximum Gasteiger partial charge on any atom is 0.293 e. The number of hydrogen-bond donors (Lipinski definition) is 1. The quantitative estimate of drug-likeness (QED) is 0.271. The fourth-order valence-corrected chi connectivity index (χ4v) is 5.92. The number of benzene rings is 2. The topological polar surface area (TPSA) is 94.8 Å². The average molecular weight is 615 g/mol. The Balaban J connectivity index is 1.13. The smallest absolute Gasteiger partial charge is 0.293 e. The highest BCUT2D eigenvalue weighted by molar-refractivity contribution is 8.18. The molecule has 9 nitrogen and oxygen atoms in total. The van der Waals surface area contributed by atoms with Gasteiger partial charge in [0, 0.05) is 62.5 Å². The van der Waals surface area contributed by atoms with Crippen LogP contribution < -0.4 is 0 Å². The van der Waals surface area contributed by atoms with Crippen molar-refractivity contribution in [2.45, 2.75) is 12.1 Å². The molecule has 1 aromatic heterocycles. The molecule has 3 aromatic rings. The fourth-order valence-electron chi connectivity index (χ4n) is 4.94. The number of piperazine rings is 1. The highest BCUT2D eigenvalue weighted by Gasteiger charge is 2.37. The number of aliphatic hydroxyl groups is 1. The molecule has 42 heavy (non-hydrogen) atoms. The molecule has 1 N–H and O–H groups in total. The summed E-state index contributed by atoms with van der Waals surface area (Å²) in [5, 5.41) is 15.9. The third-order valence-corrected chi connectivity index (χ3v) is 8.29. The molecule has 0 spiro atoms. The molecule has 2 aliphatic rings. The van der Waals surface area contributed by atoms with Crippen LogP contribution in [0.1, 0.15) is 11.1 Å². The normalized spacial score (nSPS) is 19.3. The van der Waals surface area contributed by atoms with Crippen LogP contribution in [0, 0.1) is 11.6 Å². The van der Waals surface area contributed by atoms with Crippen molar-refractivity contribution < 1.29 is 23.5 Å². The van der Waals surface area contributed by atoms with Crippen LogP contribution in [0.4, 0.5) is 13.6 Å². The van der Waals surface area contributed by atoms with Gasteiger partial charge < -0.3 is 5.11 Å². The molecule has 0 saturated carbocycles. The van der Waals surface area contributed by atoms with Crippen LogP contribution >= 0.6 is 23.4 Å². The number of carbonyl (C=O) groups excluding carboxylic acids is 2. The summed E-state index contributed by atoms with van der Waals surface area (Å²) < 4.78 is 29.7. The van der Waals surface area contributed by atoms with E-state index in [1.165, 1.54) is 28.3 Å². The molecule has 220 valence electrons. The van der Waals surface area contributed by atoms with Crippen LogP contribution in [0.3, 0.4) is 0 Å². The highest BCUT2D eigenvalue weighted by atomic mass is 35.5. The second-order valence-electron chi connectivity index (χ2n) is 10.1. The summed E-state index contributed by atoms with van der Waals surface area (Å²) in [7, 11) is 0. The second-order valence-corrected chi connectivity index (χ2v) is 11.6. The summed E-state index contributed by atoms with van der Waals surface area (Å²) in [6.07, 6.45) is 8.19. The Kier molecular flexibility index (Phi) is 9.49. The van der Waals surface area contributed by atoms with Gasteiger partial charge in [-0.3, -0.25) is 24.3 Å². The van der Waals surface area contributed by atoms with E-state index in [4.69, 9.17) is 11.6 Å². The average Bonchev–Trinajstić information content (AvgIpc) is 3.55. The summed E-state index contributed by atoms with van der Waals surface area (Å²) in [6.45, 7) is 3.52. The van der Waals surface area contributed by atoms with Crippen molar-refractivity contribution in [2.75, 3.05) is 45.8 Å². The van der Waals surface area contributed by atoms with Crippen LogP contribution in [-0.2, 0) is 16.9 Å². The van der Waals surface area contributed by atoms with Gasteiger partial charge in [0.2, 0.25) is 0 Å². The van der Waals surface area contributed by atoms with Crippen LogP contribution in [-0.4, -0.2) is 91.5 Å². The van der Waals surface area contributed by atoms with Gasteiger partial charge in [-0.15, -0.1) is 0 Å². The van der Waals surface area contributed by atoms with Gasteiger partial charge in [0.1, 0.15) is 29.9 Å². The summed E-state index contributed by atoms with van der Waals surface area (Å²) in [6, 6.07) is 10.2. The van der Waals surface area contributed by atoms with Gasteiger partial charge in [-0.1, -0.05) is 42.0 Å². The summed E-state index contributed by atoms with van der Waals surface area (Å²) >= 11 is 6.83. The van der Waals surface area contributed by atoms with E-state index in [2.05, 4.69) is 15.0 Å². The van der Waals surface area contributed by atoms with E-state index in [0.29, 0.717) is 42.7 Å². The monoisotopic (exact) mass is 614 g/mol. The lowest BCUT2D eigenvalue weighted by molar-refractivity contribution is -0.122. The molecule has 0 radical (unpaired) electrons. The van der Waals surface area contributed by atoms with E-state index in [9.17, 15) is 23.5 Å². The number of halogens is 3. The summed E-state index contributed by atoms with van der Waals surface area (Å²) in [5.41, 5.74) is -0.861. The Bertz CT molecular complexity index is 1480. The molecule has 2 fully saturated rings. The fraction of sp³-hybridized carbons (Fsp3) is 0.310. The van der Waals surface area contributed by atoms with Gasteiger partial charge in [0.15, 0.2) is 0 Å². The van der Waals surface area contributed by atoms with Gasteiger partial charge in [-0.05, 0) is 41.6 Å². The minimum Gasteiger partial charge on any atom is -0.382 e. The van der Waals surface area contributed by atoms with E-state index in [1.807, 2.05) is 17.1 Å². The molecule has 2 aromatic carbocycles. The minimum atomic E-state index is -1.65. The number of carbonyl (C=O) groups is 2. The number of hydrogen-bond acceptors (Lipinski definition) is 8. The number of β-amino-alcohol motifs (C(OH)–C–C–N with tert-alkyl or cyclic N) is 1. The third-order valence-electron chi connectivity index (χ3n) is 7.13. The Hall–Kier alpha value is -3.42. The standard InChI is InChI=1S/C29H29ClF2N6O3S/c30-22-5-3-21(4-6-22)15-26-27(39)38(28(40)42-26)10-2-1-9-35-11-13-36(14-12-35)17-29(41,18-37-20-33-19-34-37)24-8-7-23(31)16-25(24)32/h1-8,15-16,19-20,41H,9-14,17-18H2. The predicted molar refractivity (Wildman–Crippen MR) is 156 cm³/mol. The second kappa shape index (κ2) is 13.3. The molecule has 2 saturated heterocycles. The number of amides is 2. The predicted octanol–water partition coefficient (Wildman–Crippen LogP) is 4.01. The van der Waals surface area contributed by atoms with Crippen molar-refractivity contribution in [2.24, 2.45) is 0 Å². The molecule has 3 heterocycles. The van der Waals surface area contributed by atoms with E-state index in [1.54, 1.807) is 30.3 Å². The highest BCUT2D eigenvalue weighted by Crippen LogP contribution is 2.32. The van der Waals surface area contributed by atoms with Crippen molar-refractivity contribution in [3.05, 3.63) is 100.0 Å². The van der Waals surface area contributed by atoms with Crippen molar-refractivity contribution >= 4 is 40.6 Å². The zero-order valence-electron chi connectivity index (χ0n) is 22.6. The Morgan fingerprint density at radius 2 is 1.69 bits per heavy atom. The number of aromatic nitrogens is 3. The van der Waals surface area contributed by atoms with Gasteiger partial charge in [-0.2, -0.15) is 5.10 Å². The van der Waals surface area contributed by atoms with E-state index in [0.717, 1.165) is 29.5 Å². The van der Waals surface area contributed by atoms with Crippen molar-refractivity contribution in [1.82, 2.24) is 29.5 Å². The van der Waals surface area contributed by atoms with Crippen LogP contribution in [0.15, 0.2) is 72.2 Å². The maximum atomic E-state index is 14.7. The number of imide groups is 1. The molecule has 5 rings (SSSR count). The summed E-state index contributed by atoms with van der Waals surface area (Å²) in [5.74, 6) is -1.86. The maximum absolute atomic E-state index is 14.7. The summed E-state index contributed by atoms with van der Waals surface area (Å²) in [4.78, 5) is 34.9. The lowest BCUT2D eigenvalue weighted by Crippen LogP contribution is -2.52. The Morgan fingerprint density at radius 3 is 2.38 bits per heavy atom. The van der Waals surface area contributed by atoms with E-state index < -0.39 is 17.2 Å². The first-order valence-corrected chi connectivity index (χ1v) is 14.5. The molecular formula is C29H29ClF2N6O3S. The number of nitrogens with zero attached hydrogens (tertiary/aromatic N) is 6. The Morgan fingerprint density at radius 1 is 0.976 bits per heavy atom. The Labute approximate surface area is 251 Å². The first-order valence-electron chi connectivity index (χ1n) is 13.3. The van der Waals surface area contributed by atoms with Crippen LogP contribution in [0.2, 0.25) is 5.02 Å². The molecule has 13 heteroatoms. The molecule has 0 bridgehead atoms. The van der Waals surface area contributed by atoms with Gasteiger partial charge in [-0.25, -0.2) is 18.4 Å². The first-order chi connectivity index (χ1) is 20.2. The van der Waals surface area contributed by atoms with Crippen LogP contribution in [0.5, 0.6) is 0 Å². The first kappa shape index (κ1) is 30.1. The zero-order valence-corrected chi connectivity index (χ0v) is 24.1. The van der Waals surface area contributed by atoms with Crippen molar-refractivity contribution in [1.29, 1.82) is 0 Å². The number of thioether (sulfide) groups is 1. The van der Waals surface area contributed by atoms with Crippen molar-refractivity contribution in [3.63, 3.8) is 0 Å². The van der Waals surface area contributed by atoms with Gasteiger partial charge in [0.25, 0.3) is 11.1 Å². The third kappa shape index (κ3) is 7.31. The van der Waals surface area contributed by atoms with E-state index >= 15 is 0 Å².